The lowest BCUT2D eigenvalue weighted by Crippen LogP contribution is -2.59. The molecule has 3 amide bonds. The Morgan fingerprint density at radius 2 is 1.65 bits per heavy atom. The van der Waals surface area contributed by atoms with Gasteiger partial charge in [-0.05, 0) is 45.6 Å². The molecule has 1 saturated carbocycles. The van der Waals surface area contributed by atoms with E-state index < -0.39 is 53.9 Å². The fourth-order valence-electron chi connectivity index (χ4n) is 4.26. The van der Waals surface area contributed by atoms with Gasteiger partial charge >= 0.3 is 11.9 Å². The van der Waals surface area contributed by atoms with Gasteiger partial charge in [-0.3, -0.25) is 24.6 Å². The second kappa shape index (κ2) is 15.5. The first-order valence-electron chi connectivity index (χ1n) is 12.9. The molecule has 0 radical (unpaired) electrons. The fourth-order valence-corrected chi connectivity index (χ4v) is 4.26. The SMILES string of the molecule is COC(=O)C1(NC(=O)[C@H](CC(=O)OC(C)(C)C)NC(=O)CNC(=O)CCc2ccc(C(=N)N)cc2)CCCC1.I. The number of methoxy groups -OCH3 is 1. The van der Waals surface area contributed by atoms with E-state index in [2.05, 4.69) is 16.0 Å². The molecular formula is C27H40IN5O7. The van der Waals surface area contributed by atoms with Crippen LogP contribution in [0.15, 0.2) is 24.3 Å². The van der Waals surface area contributed by atoms with Crippen molar-refractivity contribution in [3.05, 3.63) is 35.4 Å². The number of carbonyl (C=O) groups excluding carboxylic acids is 5. The van der Waals surface area contributed by atoms with Gasteiger partial charge in [-0.1, -0.05) is 37.1 Å². The molecule has 0 heterocycles. The third kappa shape index (κ3) is 11.1. The van der Waals surface area contributed by atoms with Gasteiger partial charge in [0, 0.05) is 12.0 Å². The smallest absolute Gasteiger partial charge is 0.331 e. The number of esters is 2. The van der Waals surface area contributed by atoms with Crippen LogP contribution in [0.25, 0.3) is 0 Å². The highest BCUT2D eigenvalue weighted by atomic mass is 127. The van der Waals surface area contributed by atoms with Crippen molar-refractivity contribution in [3.8, 4) is 0 Å². The van der Waals surface area contributed by atoms with Crippen molar-refractivity contribution >= 4 is 59.5 Å². The van der Waals surface area contributed by atoms with Gasteiger partial charge in [0.15, 0.2) is 0 Å². The number of amidine groups is 1. The molecule has 6 N–H and O–H groups in total. The maximum atomic E-state index is 13.2. The summed E-state index contributed by atoms with van der Waals surface area (Å²) in [7, 11) is 1.23. The van der Waals surface area contributed by atoms with Crippen LogP contribution in [0.2, 0.25) is 0 Å². The number of amides is 3. The molecule has 13 heteroatoms. The minimum Gasteiger partial charge on any atom is -0.467 e. The van der Waals surface area contributed by atoms with Gasteiger partial charge in [-0.2, -0.15) is 0 Å². The number of nitrogens with one attached hydrogen (secondary N) is 4. The number of benzene rings is 1. The molecule has 2 rings (SSSR count). The number of carbonyl (C=O) groups is 5. The van der Waals surface area contributed by atoms with Crippen molar-refractivity contribution in [1.82, 2.24) is 16.0 Å². The van der Waals surface area contributed by atoms with Gasteiger partial charge in [0.1, 0.15) is 23.0 Å². The van der Waals surface area contributed by atoms with Crippen molar-refractivity contribution in [1.29, 1.82) is 5.41 Å². The van der Waals surface area contributed by atoms with Gasteiger partial charge in [0.05, 0.1) is 20.1 Å². The summed E-state index contributed by atoms with van der Waals surface area (Å²) in [5, 5.41) is 15.1. The summed E-state index contributed by atoms with van der Waals surface area (Å²) in [5.41, 5.74) is 4.85. The monoisotopic (exact) mass is 673 g/mol. The summed E-state index contributed by atoms with van der Waals surface area (Å²) in [6.07, 6.45) is 2.24. The standard InChI is InChI=1S/C27H39N5O7.HI/c1-26(2,3)39-22(35)15-19(24(36)32-27(25(37)38-4)13-5-6-14-27)31-21(34)16-30-20(33)12-9-17-7-10-18(11-8-17)23(28)29;/h7-8,10-11,19H,5-6,9,12-16H2,1-4H3,(H3,28,29)(H,30,33)(H,31,34)(H,32,36);1H/t19-;/m0./s1. The third-order valence-corrected chi connectivity index (χ3v) is 6.19. The lowest BCUT2D eigenvalue weighted by Gasteiger charge is -2.30. The first-order chi connectivity index (χ1) is 18.2. The molecule has 12 nitrogen and oxygen atoms in total. The zero-order valence-electron chi connectivity index (χ0n) is 23.4. The molecule has 0 saturated heterocycles. The van der Waals surface area contributed by atoms with Gasteiger partial charge in [0.25, 0.3) is 0 Å². The average molecular weight is 674 g/mol. The van der Waals surface area contributed by atoms with E-state index in [1.165, 1.54) is 7.11 Å². The van der Waals surface area contributed by atoms with Crippen LogP contribution in [0.3, 0.4) is 0 Å². The Balaban J connectivity index is 0.00000800. The van der Waals surface area contributed by atoms with E-state index >= 15 is 0 Å². The first kappa shape index (κ1) is 34.8. The zero-order valence-corrected chi connectivity index (χ0v) is 25.7. The summed E-state index contributed by atoms with van der Waals surface area (Å²) in [4.78, 5) is 63.0. The van der Waals surface area contributed by atoms with Crippen LogP contribution in [-0.4, -0.2) is 66.3 Å². The van der Waals surface area contributed by atoms with Crippen molar-refractivity contribution in [2.24, 2.45) is 5.73 Å². The summed E-state index contributed by atoms with van der Waals surface area (Å²) in [6.45, 7) is 4.62. The molecule has 1 aromatic carbocycles. The van der Waals surface area contributed by atoms with Crippen LogP contribution in [0.4, 0.5) is 0 Å². The van der Waals surface area contributed by atoms with Crippen molar-refractivity contribution in [2.75, 3.05) is 13.7 Å². The van der Waals surface area contributed by atoms with E-state index in [0.29, 0.717) is 37.7 Å². The molecule has 1 aromatic rings. The minimum absolute atomic E-state index is 0. The minimum atomic E-state index is -1.33. The van der Waals surface area contributed by atoms with E-state index in [-0.39, 0.29) is 42.1 Å². The van der Waals surface area contributed by atoms with Crippen LogP contribution in [0.5, 0.6) is 0 Å². The highest BCUT2D eigenvalue weighted by Gasteiger charge is 2.45. The molecule has 1 aliphatic rings. The Bertz CT molecular complexity index is 1080. The molecule has 0 unspecified atom stereocenters. The number of hydrogen-bond acceptors (Lipinski definition) is 8. The number of ether oxygens (including phenoxy) is 2. The average Bonchev–Trinajstić information content (AvgIpc) is 3.34. The normalized spacial score (nSPS) is 14.6. The topological polar surface area (TPSA) is 190 Å². The molecule has 40 heavy (non-hydrogen) atoms. The Morgan fingerprint density at radius 3 is 2.17 bits per heavy atom. The van der Waals surface area contributed by atoms with E-state index in [0.717, 1.165) is 5.56 Å². The molecule has 0 aromatic heterocycles. The molecule has 1 fully saturated rings. The van der Waals surface area contributed by atoms with E-state index in [9.17, 15) is 24.0 Å². The van der Waals surface area contributed by atoms with Crippen LogP contribution in [-0.2, 0) is 39.9 Å². The summed E-state index contributed by atoms with van der Waals surface area (Å²) < 4.78 is 10.2. The second-order valence-electron chi connectivity index (χ2n) is 10.6. The fraction of sp³-hybridized carbons (Fsp3) is 0.556. The molecule has 1 atom stereocenters. The number of nitrogen functional groups attached to an aromatic ring is 1. The maximum absolute atomic E-state index is 13.2. The Labute approximate surface area is 251 Å². The highest BCUT2D eigenvalue weighted by Crippen LogP contribution is 2.31. The van der Waals surface area contributed by atoms with Gasteiger partial charge in [0.2, 0.25) is 17.7 Å². The number of hydrogen-bond donors (Lipinski definition) is 5. The van der Waals surface area contributed by atoms with Crippen LogP contribution in [0, 0.1) is 5.41 Å². The largest absolute Gasteiger partial charge is 0.467 e. The van der Waals surface area contributed by atoms with Crippen molar-refractivity contribution < 1.29 is 33.4 Å². The van der Waals surface area contributed by atoms with Crippen LogP contribution in [0.1, 0.15) is 70.4 Å². The second-order valence-corrected chi connectivity index (χ2v) is 10.6. The lowest BCUT2D eigenvalue weighted by molar-refractivity contribution is -0.157. The number of aryl methyl sites for hydroxylation is 1. The number of halogens is 1. The quantitative estimate of drug-likeness (QED) is 0.0954. The Kier molecular flexibility index (Phi) is 13.5. The van der Waals surface area contributed by atoms with Gasteiger partial charge in [-0.15, -0.1) is 24.0 Å². The molecule has 0 bridgehead atoms. The van der Waals surface area contributed by atoms with Crippen molar-refractivity contribution in [3.63, 3.8) is 0 Å². The predicted molar refractivity (Wildman–Crippen MR) is 158 cm³/mol. The maximum Gasteiger partial charge on any atom is 0.331 e. The number of rotatable bonds is 12. The Hall–Kier alpha value is -3.23. The molecule has 0 aliphatic heterocycles. The third-order valence-electron chi connectivity index (χ3n) is 6.19. The molecular weight excluding hydrogens is 633 g/mol. The summed E-state index contributed by atoms with van der Waals surface area (Å²) >= 11 is 0. The lowest BCUT2D eigenvalue weighted by atomic mass is 9.96. The van der Waals surface area contributed by atoms with Crippen LogP contribution < -0.4 is 21.7 Å². The predicted octanol–water partition coefficient (Wildman–Crippen LogP) is 1.46. The van der Waals surface area contributed by atoms with Crippen LogP contribution >= 0.6 is 24.0 Å². The Morgan fingerprint density at radius 1 is 1.05 bits per heavy atom. The van der Waals surface area contributed by atoms with Gasteiger partial charge < -0.3 is 31.2 Å². The highest BCUT2D eigenvalue weighted by molar-refractivity contribution is 14.0. The van der Waals surface area contributed by atoms with E-state index in [1.807, 2.05) is 0 Å². The molecule has 0 spiro atoms. The molecule has 222 valence electrons. The van der Waals surface area contributed by atoms with E-state index in [4.69, 9.17) is 20.6 Å². The van der Waals surface area contributed by atoms with E-state index in [1.54, 1.807) is 45.0 Å². The number of nitrogens with two attached hydrogens (primary N) is 1. The van der Waals surface area contributed by atoms with Gasteiger partial charge in [-0.25, -0.2) is 4.79 Å². The summed E-state index contributed by atoms with van der Waals surface area (Å²) in [5.74, 6) is -3.13. The zero-order chi connectivity index (χ0) is 29.2. The summed E-state index contributed by atoms with van der Waals surface area (Å²) in [6, 6.07) is 5.58. The molecule has 1 aliphatic carbocycles. The van der Waals surface area contributed by atoms with Crippen molar-refractivity contribution in [2.45, 2.75) is 82.9 Å². The first-order valence-corrected chi connectivity index (χ1v) is 12.9.